The molecule has 1 atom stereocenters. The highest BCUT2D eigenvalue weighted by molar-refractivity contribution is 6.64. The molecule has 1 heterocycles. The fraction of sp³-hybridized carbons (Fsp3) is 0.818. The third-order valence-corrected chi connectivity index (χ3v) is 10.3. The summed E-state index contributed by atoms with van der Waals surface area (Å²) < 4.78 is 17.6. The number of hydrogen-bond donors (Lipinski definition) is 5. The topological polar surface area (TPSA) is 216 Å². The summed E-state index contributed by atoms with van der Waals surface area (Å²) in [6.07, 6.45) is 0.623. The van der Waals surface area contributed by atoms with Crippen LogP contribution in [0.15, 0.2) is 0 Å². The second kappa shape index (κ2) is 16.8. The van der Waals surface area contributed by atoms with Gasteiger partial charge in [0, 0.05) is 67.1 Å². The third-order valence-electron chi connectivity index (χ3n) is 6.81. The summed E-state index contributed by atoms with van der Waals surface area (Å²) in [5.41, 5.74) is 5.86. The van der Waals surface area contributed by atoms with Crippen LogP contribution in [0.3, 0.4) is 0 Å². The first-order valence-electron chi connectivity index (χ1n) is 12.5. The summed E-state index contributed by atoms with van der Waals surface area (Å²) in [5, 5.41) is 37.2. The number of carboxylic acids is 4. The van der Waals surface area contributed by atoms with Crippen LogP contribution in [0.25, 0.3) is 0 Å². The molecule has 0 spiro atoms. The summed E-state index contributed by atoms with van der Waals surface area (Å²) in [6, 6.07) is 0. The first kappa shape index (κ1) is 34.8. The molecule has 1 unspecified atom stereocenters. The van der Waals surface area contributed by atoms with Crippen LogP contribution < -0.4 is 5.73 Å². The Morgan fingerprint density at radius 3 is 1.46 bits per heavy atom. The van der Waals surface area contributed by atoms with E-state index in [1.54, 1.807) is 19.6 Å². The molecule has 0 bridgehead atoms. The van der Waals surface area contributed by atoms with Gasteiger partial charge in [-0.2, -0.15) is 0 Å². The lowest BCUT2D eigenvalue weighted by atomic mass is 10.1. The van der Waals surface area contributed by atoms with Crippen molar-refractivity contribution in [1.29, 1.82) is 0 Å². The van der Waals surface area contributed by atoms with Crippen LogP contribution >= 0.6 is 0 Å². The lowest BCUT2D eigenvalue weighted by molar-refractivity contribution is -0.143. The van der Waals surface area contributed by atoms with E-state index in [4.69, 9.17) is 19.0 Å². The van der Waals surface area contributed by atoms with Gasteiger partial charge in [-0.3, -0.25) is 38.8 Å². The summed E-state index contributed by atoms with van der Waals surface area (Å²) in [5.74, 6) is -4.46. The molecular weight excluding hydrogens is 538 g/mol. The summed E-state index contributed by atoms with van der Waals surface area (Å²) in [7, 11) is 0.324. The smallest absolute Gasteiger partial charge is 0.480 e. The average molecular weight is 582 g/mol. The van der Waals surface area contributed by atoms with Gasteiger partial charge in [0.15, 0.2) is 0 Å². The number of carboxylic acid groups (broad SMARTS) is 4. The minimum atomic E-state index is -3.82. The van der Waals surface area contributed by atoms with Crippen LogP contribution in [-0.4, -0.2) is 178 Å². The molecule has 6 N–H and O–H groups in total. The van der Waals surface area contributed by atoms with Crippen LogP contribution in [0.5, 0.6) is 0 Å². The number of aliphatic carboxylic acids is 4. The fourth-order valence-electron chi connectivity index (χ4n) is 5.13. The van der Waals surface area contributed by atoms with Gasteiger partial charge in [-0.05, 0) is 19.4 Å². The fourth-order valence-corrected chi connectivity index (χ4v) is 8.25. The van der Waals surface area contributed by atoms with Crippen LogP contribution in [0, 0.1) is 0 Å². The van der Waals surface area contributed by atoms with Gasteiger partial charge in [-0.1, -0.05) is 0 Å². The van der Waals surface area contributed by atoms with Crippen molar-refractivity contribution < 1.29 is 52.9 Å². The van der Waals surface area contributed by atoms with E-state index in [-0.39, 0.29) is 71.9 Å². The van der Waals surface area contributed by atoms with Crippen molar-refractivity contribution in [2.24, 2.45) is 5.73 Å². The average Bonchev–Trinajstić information content (AvgIpc) is 2.85. The second-order valence-electron chi connectivity index (χ2n) is 9.35. The largest absolute Gasteiger partial charge is 0.522 e. The Labute approximate surface area is 229 Å². The van der Waals surface area contributed by atoms with Gasteiger partial charge in [0.2, 0.25) is 0 Å². The van der Waals surface area contributed by atoms with Crippen molar-refractivity contribution in [3.05, 3.63) is 0 Å². The SMILES string of the molecule is CO[Si](OC)(OC)C1(CCCN)CN(CC(=O)O)CCN(CC(=O)O)CCN(CC(=O)O)CCN1CC(=O)O. The molecule has 1 fully saturated rings. The zero-order chi connectivity index (χ0) is 29.6. The number of nitrogens with two attached hydrogens (primary N) is 1. The second-order valence-corrected chi connectivity index (χ2v) is 12.6. The lowest BCUT2D eigenvalue weighted by Crippen LogP contribution is -2.76. The molecule has 1 rings (SSSR count). The summed E-state index contributed by atoms with van der Waals surface area (Å²) in [4.78, 5) is 53.5. The Balaban J connectivity index is 3.80. The molecule has 1 aliphatic heterocycles. The van der Waals surface area contributed by atoms with Gasteiger partial charge in [-0.25, -0.2) is 0 Å². The van der Waals surface area contributed by atoms with Crippen LogP contribution in [0.1, 0.15) is 12.8 Å². The zero-order valence-electron chi connectivity index (χ0n) is 22.9. The highest BCUT2D eigenvalue weighted by Gasteiger charge is 2.63. The standard InChI is InChI=1S/C22H43N5O11Si/c1-36-39(37-2,38-3)22(5-4-6-23)17-26(15-20(32)33)10-9-24(13-18(28)29)7-8-25(14-19(30)31)11-12-27(22)16-21(34)35/h4-17,23H2,1-3H3,(H,28,29)(H,30,31)(H,32,33)(H,34,35). The molecule has 0 saturated carbocycles. The molecule has 0 amide bonds. The Kier molecular flexibility index (Phi) is 15.0. The molecule has 0 radical (unpaired) electrons. The van der Waals surface area contributed by atoms with Crippen molar-refractivity contribution in [2.45, 2.75) is 18.0 Å². The highest BCUT2D eigenvalue weighted by Crippen LogP contribution is 2.35. The van der Waals surface area contributed by atoms with Crippen molar-refractivity contribution in [2.75, 3.05) is 99.9 Å². The van der Waals surface area contributed by atoms with Crippen LogP contribution in [-0.2, 0) is 32.5 Å². The van der Waals surface area contributed by atoms with E-state index >= 15 is 0 Å². The quantitative estimate of drug-likeness (QED) is 0.126. The van der Waals surface area contributed by atoms with Crippen molar-refractivity contribution in [3.8, 4) is 0 Å². The maximum atomic E-state index is 12.1. The van der Waals surface area contributed by atoms with Crippen molar-refractivity contribution >= 4 is 32.7 Å². The van der Waals surface area contributed by atoms with E-state index in [9.17, 15) is 39.6 Å². The van der Waals surface area contributed by atoms with Crippen molar-refractivity contribution in [3.63, 3.8) is 0 Å². The Morgan fingerprint density at radius 1 is 0.692 bits per heavy atom. The van der Waals surface area contributed by atoms with Gasteiger partial charge in [0.25, 0.3) is 0 Å². The van der Waals surface area contributed by atoms with Gasteiger partial charge in [0.05, 0.1) is 26.2 Å². The zero-order valence-corrected chi connectivity index (χ0v) is 23.9. The maximum absolute atomic E-state index is 12.1. The predicted octanol–water partition coefficient (Wildman–Crippen LogP) is -2.56. The maximum Gasteiger partial charge on any atom is 0.522 e. The van der Waals surface area contributed by atoms with Gasteiger partial charge in [0.1, 0.15) is 5.16 Å². The molecule has 0 aromatic heterocycles. The summed E-state index contributed by atoms with van der Waals surface area (Å²) in [6.45, 7) is -0.528. The van der Waals surface area contributed by atoms with Crippen LogP contribution in [0.4, 0.5) is 0 Å². The number of rotatable bonds is 15. The minimum absolute atomic E-state index is 0.0475. The van der Waals surface area contributed by atoms with Crippen molar-refractivity contribution in [1.82, 2.24) is 19.6 Å². The van der Waals surface area contributed by atoms with E-state index in [2.05, 4.69) is 0 Å². The van der Waals surface area contributed by atoms with Gasteiger partial charge in [-0.15, -0.1) is 0 Å². The molecule has 0 aromatic carbocycles. The van der Waals surface area contributed by atoms with E-state index in [1.807, 2.05) is 0 Å². The van der Waals surface area contributed by atoms with E-state index in [0.29, 0.717) is 6.42 Å². The third kappa shape index (κ3) is 10.4. The lowest BCUT2D eigenvalue weighted by Gasteiger charge is -2.52. The molecule has 0 aliphatic carbocycles. The number of hydrogen-bond acceptors (Lipinski definition) is 12. The highest BCUT2D eigenvalue weighted by atomic mass is 28.4. The molecule has 16 nitrogen and oxygen atoms in total. The molecule has 226 valence electrons. The number of carbonyl (C=O) groups is 4. The minimum Gasteiger partial charge on any atom is -0.480 e. The first-order valence-corrected chi connectivity index (χ1v) is 14.3. The van der Waals surface area contributed by atoms with Gasteiger partial charge < -0.3 is 39.4 Å². The van der Waals surface area contributed by atoms with E-state index in [1.165, 1.54) is 21.3 Å². The molecule has 39 heavy (non-hydrogen) atoms. The Morgan fingerprint density at radius 2 is 1.08 bits per heavy atom. The van der Waals surface area contributed by atoms with E-state index < -0.39 is 50.9 Å². The monoisotopic (exact) mass is 581 g/mol. The predicted molar refractivity (Wildman–Crippen MR) is 139 cm³/mol. The molecular formula is C22H43N5O11Si. The normalized spacial score (nSPS) is 21.6. The Hall–Kier alpha value is -2.22. The first-order chi connectivity index (χ1) is 18.4. The van der Waals surface area contributed by atoms with Crippen LogP contribution in [0.2, 0.25) is 0 Å². The van der Waals surface area contributed by atoms with Gasteiger partial charge >= 0.3 is 32.7 Å². The Bertz CT molecular complexity index is 811. The number of nitrogens with zero attached hydrogens (tertiary/aromatic N) is 4. The molecule has 1 aliphatic rings. The molecule has 0 aromatic rings. The van der Waals surface area contributed by atoms with E-state index in [0.717, 1.165) is 0 Å². The summed E-state index contributed by atoms with van der Waals surface area (Å²) >= 11 is 0. The molecule has 17 heteroatoms. The molecule has 1 saturated heterocycles.